The van der Waals surface area contributed by atoms with Crippen molar-refractivity contribution in [2.45, 2.75) is 25.3 Å². The van der Waals surface area contributed by atoms with Crippen LogP contribution in [0.3, 0.4) is 0 Å². The van der Waals surface area contributed by atoms with Crippen LogP contribution in [0.25, 0.3) is 21.0 Å². The van der Waals surface area contributed by atoms with Gasteiger partial charge in [-0.3, -0.25) is 0 Å². The van der Waals surface area contributed by atoms with Crippen LogP contribution in [0.5, 0.6) is 0 Å². The number of hydrogen-bond acceptors (Lipinski definition) is 6. The lowest BCUT2D eigenvalue weighted by atomic mass is 9.73. The number of benzene rings is 2. The average Bonchev–Trinajstić information content (AvgIpc) is 3.35. The summed E-state index contributed by atoms with van der Waals surface area (Å²) in [7, 11) is 0. The summed E-state index contributed by atoms with van der Waals surface area (Å²) in [4.78, 5) is 17.2. The SMILES string of the molecule is N[C@@H]1c2ccccc2CC12CCN(c1cnc3nc(-c4cccc(Cl)c4Cl)sc3n1)CC2. The summed E-state index contributed by atoms with van der Waals surface area (Å²) in [5.41, 5.74) is 11.0. The van der Waals surface area contributed by atoms with Crippen molar-refractivity contribution in [1.82, 2.24) is 15.0 Å². The average molecular weight is 482 g/mol. The zero-order valence-electron chi connectivity index (χ0n) is 17.3. The molecule has 0 saturated carbocycles. The van der Waals surface area contributed by atoms with Crippen molar-refractivity contribution in [1.29, 1.82) is 0 Å². The summed E-state index contributed by atoms with van der Waals surface area (Å²) in [6.45, 7) is 1.85. The van der Waals surface area contributed by atoms with Crippen molar-refractivity contribution in [3.8, 4) is 10.6 Å². The number of aromatic nitrogens is 3. The van der Waals surface area contributed by atoms with Crippen molar-refractivity contribution in [2.75, 3.05) is 18.0 Å². The molecule has 32 heavy (non-hydrogen) atoms. The molecule has 1 fully saturated rings. The highest BCUT2D eigenvalue weighted by Gasteiger charge is 2.45. The standard InChI is InChI=1S/C24H21Cl2N5S/c25-17-7-3-6-16(19(17)26)22-30-21-23(32-22)29-18(13-28-21)31-10-8-24(9-11-31)12-14-4-1-2-5-15(14)20(24)27/h1-7,13,20H,8-12,27H2/t20-/m1/s1. The Morgan fingerprint density at radius 3 is 2.66 bits per heavy atom. The molecule has 1 aliphatic heterocycles. The highest BCUT2D eigenvalue weighted by molar-refractivity contribution is 7.21. The predicted molar refractivity (Wildman–Crippen MR) is 132 cm³/mol. The predicted octanol–water partition coefficient (Wildman–Crippen LogP) is 5.90. The van der Waals surface area contributed by atoms with Crippen LogP contribution in [0.15, 0.2) is 48.7 Å². The van der Waals surface area contributed by atoms with E-state index in [0.717, 1.165) is 53.6 Å². The third-order valence-electron chi connectivity index (χ3n) is 6.97. The Morgan fingerprint density at radius 2 is 1.84 bits per heavy atom. The molecule has 2 aromatic heterocycles. The normalized spacial score (nSPS) is 19.6. The number of halogens is 2. The van der Waals surface area contributed by atoms with Crippen molar-refractivity contribution < 1.29 is 0 Å². The van der Waals surface area contributed by atoms with Gasteiger partial charge >= 0.3 is 0 Å². The van der Waals surface area contributed by atoms with Crippen molar-refractivity contribution in [2.24, 2.45) is 11.1 Å². The van der Waals surface area contributed by atoms with Crippen molar-refractivity contribution in [3.63, 3.8) is 0 Å². The number of piperidine rings is 1. The van der Waals surface area contributed by atoms with Gasteiger partial charge in [0, 0.05) is 24.7 Å². The van der Waals surface area contributed by atoms with Crippen LogP contribution in [0.2, 0.25) is 10.0 Å². The van der Waals surface area contributed by atoms with Gasteiger partial charge in [-0.2, -0.15) is 0 Å². The summed E-state index contributed by atoms with van der Waals surface area (Å²) in [6, 6.07) is 14.3. The smallest absolute Gasteiger partial charge is 0.190 e. The Balaban J connectivity index is 1.24. The zero-order chi connectivity index (χ0) is 21.9. The van der Waals surface area contributed by atoms with Crippen LogP contribution >= 0.6 is 34.5 Å². The van der Waals surface area contributed by atoms with Gasteiger partial charge in [0.05, 0.1) is 16.2 Å². The van der Waals surface area contributed by atoms with E-state index in [9.17, 15) is 0 Å². The van der Waals surface area contributed by atoms with Gasteiger partial charge in [-0.1, -0.05) is 70.9 Å². The van der Waals surface area contributed by atoms with E-state index in [1.807, 2.05) is 18.3 Å². The molecule has 1 spiro atoms. The van der Waals surface area contributed by atoms with Gasteiger partial charge in [0.1, 0.15) is 10.8 Å². The van der Waals surface area contributed by atoms with Gasteiger partial charge in [0.15, 0.2) is 10.5 Å². The lowest BCUT2D eigenvalue weighted by Gasteiger charge is -2.42. The van der Waals surface area contributed by atoms with Gasteiger partial charge in [0.2, 0.25) is 0 Å². The van der Waals surface area contributed by atoms with E-state index >= 15 is 0 Å². The van der Waals surface area contributed by atoms with Gasteiger partial charge in [-0.25, -0.2) is 15.0 Å². The number of thiazole rings is 1. The van der Waals surface area contributed by atoms with Gasteiger partial charge in [0.25, 0.3) is 0 Å². The number of anilines is 1. The first-order valence-electron chi connectivity index (χ1n) is 10.7. The number of hydrogen-bond donors (Lipinski definition) is 1. The minimum Gasteiger partial charge on any atom is -0.355 e. The maximum atomic E-state index is 6.72. The van der Waals surface area contributed by atoms with Crippen LogP contribution in [-0.2, 0) is 6.42 Å². The zero-order valence-corrected chi connectivity index (χ0v) is 19.6. The second-order valence-electron chi connectivity index (χ2n) is 8.68. The molecule has 2 aliphatic rings. The molecule has 4 aromatic rings. The van der Waals surface area contributed by atoms with Crippen LogP contribution < -0.4 is 10.6 Å². The Labute approximate surface area is 200 Å². The van der Waals surface area contributed by atoms with E-state index in [1.165, 1.54) is 22.5 Å². The number of fused-ring (bicyclic) bond motifs is 2. The molecule has 3 heterocycles. The van der Waals surface area contributed by atoms with E-state index in [2.05, 4.69) is 39.1 Å². The summed E-state index contributed by atoms with van der Waals surface area (Å²) >= 11 is 14.1. The molecular weight excluding hydrogens is 461 g/mol. The third kappa shape index (κ3) is 3.20. The molecule has 2 N–H and O–H groups in total. The maximum absolute atomic E-state index is 6.72. The Bertz CT molecular complexity index is 1330. The van der Waals surface area contributed by atoms with Crippen LogP contribution in [0.1, 0.15) is 30.0 Å². The Kier molecular flexibility index (Phi) is 4.88. The second kappa shape index (κ2) is 7.66. The van der Waals surface area contributed by atoms with E-state index in [-0.39, 0.29) is 11.5 Å². The largest absolute Gasteiger partial charge is 0.355 e. The van der Waals surface area contributed by atoms with E-state index in [0.29, 0.717) is 15.7 Å². The minimum absolute atomic E-state index is 0.112. The molecule has 1 aliphatic carbocycles. The molecule has 1 atom stereocenters. The first-order valence-corrected chi connectivity index (χ1v) is 12.3. The Hall–Kier alpha value is -2.25. The molecule has 2 aromatic carbocycles. The highest BCUT2D eigenvalue weighted by Crippen LogP contribution is 2.51. The van der Waals surface area contributed by atoms with Gasteiger partial charge in [-0.15, -0.1) is 0 Å². The summed E-state index contributed by atoms with van der Waals surface area (Å²) in [6.07, 6.45) is 5.00. The maximum Gasteiger partial charge on any atom is 0.190 e. The summed E-state index contributed by atoms with van der Waals surface area (Å²) < 4.78 is 0. The first-order chi connectivity index (χ1) is 15.5. The number of nitrogens with zero attached hydrogens (tertiary/aromatic N) is 4. The van der Waals surface area contributed by atoms with Crippen LogP contribution in [0.4, 0.5) is 5.82 Å². The molecule has 0 bridgehead atoms. The van der Waals surface area contributed by atoms with Crippen LogP contribution in [0, 0.1) is 5.41 Å². The summed E-state index contributed by atoms with van der Waals surface area (Å²) in [5.74, 6) is 0.892. The fourth-order valence-electron chi connectivity index (χ4n) is 5.14. The molecule has 0 amide bonds. The molecule has 0 unspecified atom stereocenters. The fraction of sp³-hybridized carbons (Fsp3) is 0.292. The number of nitrogens with two attached hydrogens (primary N) is 1. The third-order valence-corrected chi connectivity index (χ3v) is 8.76. The first kappa shape index (κ1) is 20.4. The molecule has 0 radical (unpaired) electrons. The fourth-order valence-corrected chi connectivity index (χ4v) is 6.51. The topological polar surface area (TPSA) is 67.9 Å². The summed E-state index contributed by atoms with van der Waals surface area (Å²) in [5, 5.41) is 1.79. The number of rotatable bonds is 2. The van der Waals surface area contributed by atoms with E-state index in [4.69, 9.17) is 33.9 Å². The quantitative estimate of drug-likeness (QED) is 0.385. The molecule has 5 nitrogen and oxygen atoms in total. The van der Waals surface area contributed by atoms with Gasteiger partial charge in [-0.05, 0) is 41.9 Å². The molecule has 1 saturated heterocycles. The van der Waals surface area contributed by atoms with Crippen molar-refractivity contribution >= 4 is 50.8 Å². The Morgan fingerprint density at radius 1 is 1.03 bits per heavy atom. The molecular formula is C24H21Cl2N5S. The lowest BCUT2D eigenvalue weighted by Crippen LogP contribution is -2.44. The second-order valence-corrected chi connectivity index (χ2v) is 10.4. The molecule has 162 valence electrons. The van der Waals surface area contributed by atoms with E-state index < -0.39 is 0 Å². The lowest BCUT2D eigenvalue weighted by molar-refractivity contribution is 0.187. The minimum atomic E-state index is 0.112. The van der Waals surface area contributed by atoms with Crippen LogP contribution in [-0.4, -0.2) is 28.0 Å². The van der Waals surface area contributed by atoms with E-state index in [1.54, 1.807) is 6.07 Å². The van der Waals surface area contributed by atoms with Gasteiger partial charge < -0.3 is 10.6 Å². The molecule has 6 rings (SSSR count). The highest BCUT2D eigenvalue weighted by atomic mass is 35.5. The van der Waals surface area contributed by atoms with Crippen molar-refractivity contribution in [3.05, 3.63) is 69.8 Å². The molecule has 8 heteroatoms. The monoisotopic (exact) mass is 481 g/mol.